The molecular weight excluding hydrogens is 510 g/mol. The van der Waals surface area contributed by atoms with E-state index in [4.69, 9.17) is 4.65 Å². The average molecular weight is 550 g/mol. The van der Waals surface area contributed by atoms with Crippen LogP contribution < -0.4 is 10.9 Å². The summed E-state index contributed by atoms with van der Waals surface area (Å²) in [6.45, 7) is 9.78. The Bertz CT molecular complexity index is 1730. The highest BCUT2D eigenvalue weighted by molar-refractivity contribution is 6.47. The monoisotopic (exact) mass is 550 g/mol. The van der Waals surface area contributed by atoms with E-state index in [2.05, 4.69) is 118 Å². The van der Waals surface area contributed by atoms with Crippen LogP contribution in [0, 0.1) is 0 Å². The first kappa shape index (κ1) is 28.5. The van der Waals surface area contributed by atoms with Gasteiger partial charge in [0.15, 0.2) is 0 Å². The third-order valence-corrected chi connectivity index (χ3v) is 9.90. The second-order valence-corrected chi connectivity index (χ2v) is 13.2. The molecule has 4 heteroatoms. The van der Waals surface area contributed by atoms with Crippen molar-refractivity contribution in [2.45, 2.75) is 64.1 Å². The topological polar surface area (TPSA) is 29.5 Å². The smallest absolute Gasteiger partial charge is 0.309 e. The quantitative estimate of drug-likeness (QED) is 0.197. The molecule has 6 rings (SSSR count). The molecule has 0 aromatic heterocycles. The molecule has 5 aromatic carbocycles. The number of aryl methyl sites for hydroxylation is 2. The normalized spacial score (nSPS) is 14.6. The largest absolute Gasteiger partial charge is 0.427 e. The van der Waals surface area contributed by atoms with Crippen LogP contribution >= 0.6 is 0 Å². The Morgan fingerprint density at radius 1 is 0.690 bits per heavy atom. The van der Waals surface area contributed by atoms with E-state index in [1.54, 1.807) is 13.8 Å². The fourth-order valence-electron chi connectivity index (χ4n) is 6.08. The summed E-state index contributed by atoms with van der Waals surface area (Å²) in [6.07, 6.45) is 2.36. The molecule has 2 nitrogen and oxygen atoms in total. The van der Waals surface area contributed by atoms with Crippen LogP contribution in [0.1, 0.15) is 62.4 Å². The SMILES string of the molecule is Bc1ccc(C(C)(c2ccc(BOC(C)(C)C(C)(C)O)cc2)c2ccc(-c3cc4c(c5ccccc35)CC4)cc2)cc1. The zero-order valence-electron chi connectivity index (χ0n) is 25.8. The van der Waals surface area contributed by atoms with Crippen molar-refractivity contribution in [3.8, 4) is 11.1 Å². The molecule has 0 fully saturated rings. The fourth-order valence-corrected chi connectivity index (χ4v) is 6.08. The van der Waals surface area contributed by atoms with Gasteiger partial charge in [-0.1, -0.05) is 114 Å². The standard InChI is InChI=1S/C38H40B2O2/c1-36(2,41)37(3,4)42-40-31-21-17-29(18-22-31)38(5,28-15-19-30(39)20-16-28)27-13-10-25(11-14-27)35-24-26-12-23-32(26)33-8-6-7-9-34(33)35/h6-11,13-22,24,40-41H,12,23,39H2,1-5H3. The van der Waals surface area contributed by atoms with Gasteiger partial charge >= 0.3 is 7.48 Å². The second kappa shape index (κ2) is 10.6. The Kier molecular flexibility index (Phi) is 7.20. The minimum atomic E-state index is -0.935. The second-order valence-electron chi connectivity index (χ2n) is 13.2. The van der Waals surface area contributed by atoms with Gasteiger partial charge in [0.2, 0.25) is 0 Å². The van der Waals surface area contributed by atoms with E-state index in [0.29, 0.717) is 7.48 Å². The van der Waals surface area contributed by atoms with Gasteiger partial charge in [0.1, 0.15) is 7.85 Å². The summed E-state index contributed by atoms with van der Waals surface area (Å²) >= 11 is 0. The van der Waals surface area contributed by atoms with Crippen molar-refractivity contribution in [1.82, 2.24) is 0 Å². The zero-order valence-corrected chi connectivity index (χ0v) is 25.8. The predicted molar refractivity (Wildman–Crippen MR) is 182 cm³/mol. The summed E-state index contributed by atoms with van der Waals surface area (Å²) in [7, 11) is 2.58. The molecule has 1 aliphatic carbocycles. The van der Waals surface area contributed by atoms with E-state index in [-0.39, 0.29) is 5.41 Å². The Morgan fingerprint density at radius 3 is 1.79 bits per heavy atom. The van der Waals surface area contributed by atoms with Gasteiger partial charge in [-0.05, 0) is 97.2 Å². The number of hydrogen-bond acceptors (Lipinski definition) is 2. The van der Waals surface area contributed by atoms with Gasteiger partial charge in [0.25, 0.3) is 0 Å². The molecule has 5 aromatic rings. The predicted octanol–water partition coefficient (Wildman–Crippen LogP) is 5.76. The van der Waals surface area contributed by atoms with Gasteiger partial charge < -0.3 is 9.76 Å². The van der Waals surface area contributed by atoms with Crippen molar-refractivity contribution in [2.24, 2.45) is 0 Å². The summed E-state index contributed by atoms with van der Waals surface area (Å²) in [5.41, 5.74) is 9.78. The van der Waals surface area contributed by atoms with Gasteiger partial charge in [0, 0.05) is 5.41 Å². The molecule has 0 heterocycles. The number of fused-ring (bicyclic) bond motifs is 3. The molecule has 0 aliphatic heterocycles. The third-order valence-electron chi connectivity index (χ3n) is 9.90. The van der Waals surface area contributed by atoms with E-state index in [1.165, 1.54) is 68.0 Å². The lowest BCUT2D eigenvalue weighted by atomic mass is 9.69. The third kappa shape index (κ3) is 5.02. The Morgan fingerprint density at radius 2 is 1.24 bits per heavy atom. The van der Waals surface area contributed by atoms with Crippen LogP contribution in [-0.4, -0.2) is 31.6 Å². The molecule has 0 saturated carbocycles. The number of rotatable bonds is 8. The van der Waals surface area contributed by atoms with Crippen LogP contribution in [0.15, 0.2) is 103 Å². The van der Waals surface area contributed by atoms with Crippen LogP contribution in [0.2, 0.25) is 0 Å². The first-order chi connectivity index (χ1) is 20.0. The lowest BCUT2D eigenvalue weighted by molar-refractivity contribution is -0.0893. The molecule has 1 atom stereocenters. The zero-order chi connectivity index (χ0) is 29.7. The first-order valence-corrected chi connectivity index (χ1v) is 15.1. The van der Waals surface area contributed by atoms with Crippen molar-refractivity contribution in [1.29, 1.82) is 0 Å². The van der Waals surface area contributed by atoms with E-state index in [9.17, 15) is 5.11 Å². The van der Waals surface area contributed by atoms with Gasteiger partial charge in [-0.3, -0.25) is 0 Å². The van der Waals surface area contributed by atoms with Gasteiger partial charge in [-0.25, -0.2) is 0 Å². The minimum absolute atomic E-state index is 0.333. The highest BCUT2D eigenvalue weighted by Gasteiger charge is 2.36. The summed E-state index contributed by atoms with van der Waals surface area (Å²) in [6, 6.07) is 38.2. The van der Waals surface area contributed by atoms with Crippen LogP contribution in [-0.2, 0) is 22.9 Å². The lowest BCUT2D eigenvalue weighted by Gasteiger charge is -2.37. The van der Waals surface area contributed by atoms with E-state index < -0.39 is 11.2 Å². The van der Waals surface area contributed by atoms with Crippen LogP contribution in [0.5, 0.6) is 0 Å². The lowest BCUT2D eigenvalue weighted by Crippen LogP contribution is -2.49. The molecule has 0 bridgehead atoms. The highest BCUT2D eigenvalue weighted by Crippen LogP contribution is 2.41. The van der Waals surface area contributed by atoms with E-state index in [0.717, 1.165) is 5.46 Å². The van der Waals surface area contributed by atoms with E-state index >= 15 is 0 Å². The van der Waals surface area contributed by atoms with Gasteiger partial charge in [-0.2, -0.15) is 0 Å². The average Bonchev–Trinajstić information content (AvgIpc) is 2.96. The molecule has 42 heavy (non-hydrogen) atoms. The van der Waals surface area contributed by atoms with E-state index in [1.807, 2.05) is 13.8 Å². The Labute approximate surface area is 252 Å². The van der Waals surface area contributed by atoms with Crippen LogP contribution in [0.3, 0.4) is 0 Å². The summed E-state index contributed by atoms with van der Waals surface area (Å²) in [4.78, 5) is 0. The molecule has 1 unspecified atom stereocenters. The molecule has 0 radical (unpaired) electrons. The fraction of sp³-hybridized carbons (Fsp3) is 0.263. The van der Waals surface area contributed by atoms with Crippen molar-refractivity contribution < 1.29 is 9.76 Å². The summed E-state index contributed by atoms with van der Waals surface area (Å²) in [5, 5.41) is 13.2. The minimum Gasteiger partial charge on any atom is -0.427 e. The summed E-state index contributed by atoms with van der Waals surface area (Å²) in [5.74, 6) is 0. The van der Waals surface area contributed by atoms with Crippen molar-refractivity contribution >= 4 is 37.0 Å². The maximum Gasteiger partial charge on any atom is 0.309 e. The van der Waals surface area contributed by atoms with Crippen LogP contribution in [0.4, 0.5) is 0 Å². The molecule has 210 valence electrons. The van der Waals surface area contributed by atoms with Gasteiger partial charge in [-0.15, -0.1) is 0 Å². The molecule has 0 saturated heterocycles. The molecule has 1 aliphatic rings. The summed E-state index contributed by atoms with van der Waals surface area (Å²) < 4.78 is 6.14. The molecular formula is C38H40B2O2. The number of hydrogen-bond donors (Lipinski definition) is 1. The highest BCUT2D eigenvalue weighted by atomic mass is 16.5. The molecule has 1 N–H and O–H groups in total. The Hall–Kier alpha value is -3.59. The maximum atomic E-state index is 10.5. The van der Waals surface area contributed by atoms with Gasteiger partial charge in [0.05, 0.1) is 11.2 Å². The molecule has 0 spiro atoms. The maximum absolute atomic E-state index is 10.5. The first-order valence-electron chi connectivity index (χ1n) is 15.1. The molecule has 0 amide bonds. The number of aliphatic hydroxyl groups is 1. The van der Waals surface area contributed by atoms with Crippen molar-refractivity contribution in [3.05, 3.63) is 131 Å². The number of benzene rings is 5. The van der Waals surface area contributed by atoms with Crippen molar-refractivity contribution in [2.75, 3.05) is 0 Å². The van der Waals surface area contributed by atoms with Crippen LogP contribution in [0.25, 0.3) is 21.9 Å². The van der Waals surface area contributed by atoms with Crippen molar-refractivity contribution in [3.63, 3.8) is 0 Å². The Balaban J connectivity index is 1.36.